The first-order valence-corrected chi connectivity index (χ1v) is 9.42. The minimum absolute atomic E-state index is 0.255. The number of carbonyl (C=O) groups excluding carboxylic acids is 1. The molecular weight excluding hydrogens is 334 g/mol. The summed E-state index contributed by atoms with van der Waals surface area (Å²) in [5, 5.41) is 2.98. The topological polar surface area (TPSA) is 63.2 Å². The summed E-state index contributed by atoms with van der Waals surface area (Å²) in [5.74, 6) is -1.39. The van der Waals surface area contributed by atoms with Crippen molar-refractivity contribution in [1.29, 1.82) is 0 Å². The van der Waals surface area contributed by atoms with E-state index in [1.165, 1.54) is 0 Å². The molecule has 2 aromatic carbocycles. The van der Waals surface area contributed by atoms with Crippen LogP contribution in [0, 0.1) is 0 Å². The Morgan fingerprint density at radius 2 is 1.74 bits per heavy atom. The van der Waals surface area contributed by atoms with Crippen molar-refractivity contribution in [2.45, 2.75) is 19.1 Å². The Labute approximate surface area is 141 Å². The molecule has 0 aliphatic rings. The Hall–Kier alpha value is -1.85. The van der Waals surface area contributed by atoms with Crippen molar-refractivity contribution in [3.05, 3.63) is 64.7 Å². The van der Waals surface area contributed by atoms with Crippen molar-refractivity contribution < 1.29 is 13.2 Å². The van der Waals surface area contributed by atoms with Crippen LogP contribution in [0.1, 0.15) is 18.1 Å². The molecule has 2 aromatic rings. The van der Waals surface area contributed by atoms with Crippen molar-refractivity contribution in [3.8, 4) is 0 Å². The Morgan fingerprint density at radius 1 is 1.09 bits per heavy atom. The molecule has 4 nitrogen and oxygen atoms in total. The number of amides is 1. The number of anilines is 1. The fourth-order valence-corrected chi connectivity index (χ4v) is 3.71. The first kappa shape index (κ1) is 17.5. The van der Waals surface area contributed by atoms with Gasteiger partial charge in [-0.05, 0) is 35.7 Å². The predicted octanol–water partition coefficient (Wildman–Crippen LogP) is 3.46. The SMILES string of the molecule is CCc1ccc(NC(=O)CS(=O)(=O)Cc2ccccc2Cl)cc1. The van der Waals surface area contributed by atoms with Gasteiger partial charge < -0.3 is 5.32 Å². The van der Waals surface area contributed by atoms with Crippen LogP contribution in [-0.2, 0) is 26.8 Å². The molecule has 0 atom stereocenters. The van der Waals surface area contributed by atoms with E-state index in [2.05, 4.69) is 5.32 Å². The van der Waals surface area contributed by atoms with Crippen molar-refractivity contribution in [1.82, 2.24) is 0 Å². The maximum Gasteiger partial charge on any atom is 0.239 e. The maximum absolute atomic E-state index is 12.1. The van der Waals surface area contributed by atoms with E-state index in [4.69, 9.17) is 11.6 Å². The molecule has 1 amide bonds. The molecule has 0 heterocycles. The van der Waals surface area contributed by atoms with Gasteiger partial charge in [-0.3, -0.25) is 4.79 Å². The summed E-state index contributed by atoms with van der Waals surface area (Å²) in [7, 11) is -3.59. The average Bonchev–Trinajstić information content (AvgIpc) is 2.49. The van der Waals surface area contributed by atoms with E-state index >= 15 is 0 Å². The van der Waals surface area contributed by atoms with Gasteiger partial charge in [-0.2, -0.15) is 0 Å². The zero-order valence-electron chi connectivity index (χ0n) is 12.8. The lowest BCUT2D eigenvalue weighted by Gasteiger charge is -2.08. The van der Waals surface area contributed by atoms with E-state index < -0.39 is 21.5 Å². The van der Waals surface area contributed by atoms with Gasteiger partial charge >= 0.3 is 0 Å². The predicted molar refractivity (Wildman–Crippen MR) is 93.4 cm³/mol. The number of hydrogen-bond donors (Lipinski definition) is 1. The Kier molecular flexibility index (Phi) is 5.80. The van der Waals surface area contributed by atoms with Crippen LogP contribution in [0.4, 0.5) is 5.69 Å². The van der Waals surface area contributed by atoms with E-state index in [-0.39, 0.29) is 5.75 Å². The van der Waals surface area contributed by atoms with Crippen LogP contribution < -0.4 is 5.32 Å². The van der Waals surface area contributed by atoms with E-state index in [1.807, 2.05) is 19.1 Å². The first-order valence-electron chi connectivity index (χ1n) is 7.22. The molecule has 0 aliphatic heterocycles. The Balaban J connectivity index is 1.99. The molecule has 0 aromatic heterocycles. The summed E-state index contributed by atoms with van der Waals surface area (Å²) in [6, 6.07) is 14.0. The van der Waals surface area contributed by atoms with Crippen molar-refractivity contribution in [2.24, 2.45) is 0 Å². The zero-order valence-corrected chi connectivity index (χ0v) is 14.3. The average molecular weight is 352 g/mol. The summed E-state index contributed by atoms with van der Waals surface area (Å²) in [6.07, 6.45) is 0.903. The van der Waals surface area contributed by atoms with Crippen LogP contribution in [0.25, 0.3) is 0 Å². The number of carbonyl (C=O) groups is 1. The van der Waals surface area contributed by atoms with Crippen LogP contribution in [0.15, 0.2) is 48.5 Å². The minimum atomic E-state index is -3.59. The summed E-state index contributed by atoms with van der Waals surface area (Å²) in [5.41, 5.74) is 2.23. The molecule has 0 bridgehead atoms. The summed E-state index contributed by atoms with van der Waals surface area (Å²) < 4.78 is 24.3. The van der Waals surface area contributed by atoms with Crippen LogP contribution in [0.3, 0.4) is 0 Å². The molecule has 0 spiro atoms. The lowest BCUT2D eigenvalue weighted by atomic mass is 10.1. The molecule has 0 radical (unpaired) electrons. The lowest BCUT2D eigenvalue weighted by Crippen LogP contribution is -2.24. The van der Waals surface area contributed by atoms with Crippen molar-refractivity contribution in [3.63, 3.8) is 0 Å². The second-order valence-corrected chi connectivity index (χ2v) is 7.69. The number of sulfone groups is 1. The van der Waals surface area contributed by atoms with Gasteiger partial charge in [-0.15, -0.1) is 0 Å². The van der Waals surface area contributed by atoms with Crippen LogP contribution in [0.5, 0.6) is 0 Å². The van der Waals surface area contributed by atoms with Crippen molar-refractivity contribution in [2.75, 3.05) is 11.1 Å². The Morgan fingerprint density at radius 3 is 2.35 bits per heavy atom. The van der Waals surface area contributed by atoms with Gasteiger partial charge in [0.25, 0.3) is 0 Å². The highest BCUT2D eigenvalue weighted by molar-refractivity contribution is 7.91. The molecular formula is C17H18ClNO3S. The van der Waals surface area contributed by atoms with Gasteiger partial charge in [0.05, 0.1) is 5.75 Å². The van der Waals surface area contributed by atoms with Gasteiger partial charge in [-0.25, -0.2) is 8.42 Å². The maximum atomic E-state index is 12.1. The zero-order chi connectivity index (χ0) is 16.9. The normalized spacial score (nSPS) is 11.2. The molecule has 122 valence electrons. The van der Waals surface area contributed by atoms with E-state index in [1.54, 1.807) is 36.4 Å². The molecule has 23 heavy (non-hydrogen) atoms. The Bertz CT molecular complexity index is 786. The molecule has 2 rings (SSSR count). The number of rotatable bonds is 6. The molecule has 0 fully saturated rings. The van der Waals surface area contributed by atoms with E-state index in [0.717, 1.165) is 12.0 Å². The monoisotopic (exact) mass is 351 g/mol. The second-order valence-electron chi connectivity index (χ2n) is 5.22. The summed E-state index contributed by atoms with van der Waals surface area (Å²) in [6.45, 7) is 2.04. The highest BCUT2D eigenvalue weighted by Gasteiger charge is 2.18. The fraction of sp³-hybridized carbons (Fsp3) is 0.235. The summed E-state index contributed by atoms with van der Waals surface area (Å²) in [4.78, 5) is 11.9. The summed E-state index contributed by atoms with van der Waals surface area (Å²) >= 11 is 5.96. The van der Waals surface area contributed by atoms with E-state index in [9.17, 15) is 13.2 Å². The quantitative estimate of drug-likeness (QED) is 0.866. The molecule has 6 heteroatoms. The molecule has 0 unspecified atom stereocenters. The van der Waals surface area contributed by atoms with Gasteiger partial charge in [0.15, 0.2) is 9.84 Å². The lowest BCUT2D eigenvalue weighted by molar-refractivity contribution is -0.113. The highest BCUT2D eigenvalue weighted by atomic mass is 35.5. The van der Waals surface area contributed by atoms with Crippen LogP contribution in [-0.4, -0.2) is 20.1 Å². The molecule has 0 saturated heterocycles. The van der Waals surface area contributed by atoms with Gasteiger partial charge in [0.2, 0.25) is 5.91 Å². The highest BCUT2D eigenvalue weighted by Crippen LogP contribution is 2.18. The third-order valence-electron chi connectivity index (χ3n) is 3.33. The minimum Gasteiger partial charge on any atom is -0.325 e. The first-order chi connectivity index (χ1) is 10.9. The van der Waals surface area contributed by atoms with Crippen molar-refractivity contribution >= 4 is 33.0 Å². The second kappa shape index (κ2) is 7.62. The number of hydrogen-bond acceptors (Lipinski definition) is 3. The largest absolute Gasteiger partial charge is 0.325 e. The number of aryl methyl sites for hydroxylation is 1. The third kappa shape index (κ3) is 5.37. The molecule has 1 N–H and O–H groups in total. The molecule has 0 saturated carbocycles. The number of halogens is 1. The van der Waals surface area contributed by atoms with Crippen LogP contribution in [0.2, 0.25) is 5.02 Å². The van der Waals surface area contributed by atoms with Gasteiger partial charge in [0.1, 0.15) is 5.75 Å². The van der Waals surface area contributed by atoms with Gasteiger partial charge in [-0.1, -0.05) is 48.9 Å². The van der Waals surface area contributed by atoms with E-state index in [0.29, 0.717) is 16.3 Å². The molecule has 0 aliphatic carbocycles. The number of nitrogens with one attached hydrogen (secondary N) is 1. The third-order valence-corrected chi connectivity index (χ3v) is 5.15. The fourth-order valence-electron chi connectivity index (χ4n) is 2.12. The smallest absolute Gasteiger partial charge is 0.239 e. The van der Waals surface area contributed by atoms with Crippen LogP contribution >= 0.6 is 11.6 Å². The standard InChI is InChI=1S/C17H18ClNO3S/c1-2-13-7-9-15(10-8-13)19-17(20)12-23(21,22)11-14-5-3-4-6-16(14)18/h3-10H,2,11-12H2,1H3,(H,19,20). The van der Waals surface area contributed by atoms with Gasteiger partial charge in [0, 0.05) is 10.7 Å². The number of benzene rings is 2.